The first kappa shape index (κ1) is 12.0. The second kappa shape index (κ2) is 8.25. The molecule has 0 N–H and O–H groups in total. The topological polar surface area (TPSA) is 18.5 Å². The maximum absolute atomic E-state index is 5.56. The van der Waals surface area contributed by atoms with Crippen molar-refractivity contribution in [1.29, 1.82) is 0 Å². The van der Waals surface area contributed by atoms with Gasteiger partial charge >= 0.3 is 0 Å². The maximum atomic E-state index is 5.56. The van der Waals surface area contributed by atoms with E-state index in [-0.39, 0.29) is 0 Å². The van der Waals surface area contributed by atoms with Crippen LogP contribution < -0.4 is 0 Å². The molecule has 2 nitrogen and oxygen atoms in total. The molecule has 0 aromatic carbocycles. The average Bonchev–Trinajstić information content (AvgIpc) is 2.99. The third-order valence-electron chi connectivity index (χ3n) is 2.45. The van der Waals surface area contributed by atoms with E-state index in [2.05, 4.69) is 6.92 Å². The number of unbranched alkanes of at least 4 members (excludes halogenated alkanes) is 3. The highest BCUT2D eigenvalue weighted by Gasteiger charge is 2.21. The summed E-state index contributed by atoms with van der Waals surface area (Å²) in [6, 6.07) is 0. The lowest BCUT2D eigenvalue weighted by Crippen LogP contribution is -1.99. The number of ether oxygens (including phenoxy) is 2. The van der Waals surface area contributed by atoms with Crippen LogP contribution in [0.15, 0.2) is 0 Å². The summed E-state index contributed by atoms with van der Waals surface area (Å²) < 4.78 is 11.0. The third kappa shape index (κ3) is 7.34. The summed E-state index contributed by atoms with van der Waals surface area (Å²) in [5.41, 5.74) is 0. The van der Waals surface area contributed by atoms with Gasteiger partial charge in [-0.2, -0.15) is 0 Å². The molecule has 14 heavy (non-hydrogen) atoms. The molecule has 0 bridgehead atoms. The van der Waals surface area contributed by atoms with E-state index in [9.17, 15) is 0 Å². The minimum Gasteiger partial charge on any atom is -0.381 e. The van der Waals surface area contributed by atoms with Gasteiger partial charge in [-0.05, 0) is 38.5 Å². The van der Waals surface area contributed by atoms with Crippen molar-refractivity contribution in [3.8, 4) is 0 Å². The van der Waals surface area contributed by atoms with Crippen LogP contribution in [0, 0.1) is 0 Å². The van der Waals surface area contributed by atoms with Gasteiger partial charge in [-0.1, -0.05) is 13.3 Å². The van der Waals surface area contributed by atoms with Gasteiger partial charge in [0.05, 0.1) is 6.10 Å². The van der Waals surface area contributed by atoms with Crippen molar-refractivity contribution >= 4 is 0 Å². The van der Waals surface area contributed by atoms with E-state index in [0.717, 1.165) is 19.8 Å². The van der Waals surface area contributed by atoms with Crippen molar-refractivity contribution in [2.75, 3.05) is 19.8 Å². The molecule has 0 heterocycles. The fourth-order valence-electron chi connectivity index (χ4n) is 1.32. The first-order valence-electron chi connectivity index (χ1n) is 6.13. The molecule has 1 fully saturated rings. The van der Waals surface area contributed by atoms with Crippen molar-refractivity contribution in [1.82, 2.24) is 0 Å². The smallest absolute Gasteiger partial charge is 0.0577 e. The first-order chi connectivity index (χ1) is 6.93. The average molecular weight is 200 g/mol. The van der Waals surface area contributed by atoms with E-state index >= 15 is 0 Å². The Kier molecular flexibility index (Phi) is 7.06. The molecule has 0 spiro atoms. The SMILES string of the molecule is CCCCOCCCCCOC1CC1. The molecule has 0 saturated heterocycles. The van der Waals surface area contributed by atoms with Gasteiger partial charge < -0.3 is 9.47 Å². The monoisotopic (exact) mass is 200 g/mol. The molecule has 1 rings (SSSR count). The zero-order valence-corrected chi connectivity index (χ0v) is 9.46. The Morgan fingerprint density at radius 2 is 1.64 bits per heavy atom. The molecular weight excluding hydrogens is 176 g/mol. The first-order valence-corrected chi connectivity index (χ1v) is 6.13. The predicted molar refractivity (Wildman–Crippen MR) is 58.6 cm³/mol. The van der Waals surface area contributed by atoms with Gasteiger partial charge in [0.25, 0.3) is 0 Å². The van der Waals surface area contributed by atoms with Crippen molar-refractivity contribution in [3.63, 3.8) is 0 Å². The summed E-state index contributed by atoms with van der Waals surface area (Å²) in [6.45, 7) is 5.02. The van der Waals surface area contributed by atoms with Crippen LogP contribution in [0.5, 0.6) is 0 Å². The molecule has 84 valence electrons. The Hall–Kier alpha value is -0.0800. The second-order valence-corrected chi connectivity index (χ2v) is 4.10. The molecule has 1 aliphatic rings. The van der Waals surface area contributed by atoms with Crippen molar-refractivity contribution < 1.29 is 9.47 Å². The highest BCUT2D eigenvalue weighted by Crippen LogP contribution is 2.23. The van der Waals surface area contributed by atoms with Gasteiger partial charge in [0.15, 0.2) is 0 Å². The minimum atomic E-state index is 0.621. The highest BCUT2D eigenvalue weighted by molar-refractivity contribution is 4.72. The Morgan fingerprint density at radius 1 is 0.929 bits per heavy atom. The van der Waals surface area contributed by atoms with Crippen LogP contribution in [-0.4, -0.2) is 25.9 Å². The number of rotatable bonds is 10. The maximum Gasteiger partial charge on any atom is 0.0577 e. The fourth-order valence-corrected chi connectivity index (χ4v) is 1.32. The van der Waals surface area contributed by atoms with E-state index in [1.807, 2.05) is 0 Å². The Morgan fingerprint density at radius 3 is 2.36 bits per heavy atom. The Bertz CT molecular complexity index is 121. The number of hydrogen-bond donors (Lipinski definition) is 0. The molecule has 0 aromatic rings. The molecular formula is C12H24O2. The van der Waals surface area contributed by atoms with E-state index in [1.54, 1.807) is 0 Å². The van der Waals surface area contributed by atoms with Crippen LogP contribution in [0.3, 0.4) is 0 Å². The van der Waals surface area contributed by atoms with Gasteiger partial charge in [-0.15, -0.1) is 0 Å². The Labute approximate surface area is 88.0 Å². The normalized spacial score (nSPS) is 16.1. The van der Waals surface area contributed by atoms with Crippen LogP contribution in [0.4, 0.5) is 0 Å². The van der Waals surface area contributed by atoms with E-state index in [1.165, 1.54) is 44.9 Å². The molecule has 0 unspecified atom stereocenters. The molecule has 0 atom stereocenters. The molecule has 0 aromatic heterocycles. The zero-order valence-electron chi connectivity index (χ0n) is 9.46. The lowest BCUT2D eigenvalue weighted by atomic mass is 10.2. The Balaban J connectivity index is 1.63. The van der Waals surface area contributed by atoms with Crippen LogP contribution in [-0.2, 0) is 9.47 Å². The van der Waals surface area contributed by atoms with Gasteiger partial charge in [0.1, 0.15) is 0 Å². The summed E-state index contributed by atoms with van der Waals surface area (Å²) in [7, 11) is 0. The minimum absolute atomic E-state index is 0.621. The van der Waals surface area contributed by atoms with E-state index < -0.39 is 0 Å². The van der Waals surface area contributed by atoms with Crippen LogP contribution in [0.25, 0.3) is 0 Å². The van der Waals surface area contributed by atoms with Gasteiger partial charge in [-0.3, -0.25) is 0 Å². The van der Waals surface area contributed by atoms with Crippen molar-refractivity contribution in [2.24, 2.45) is 0 Å². The van der Waals surface area contributed by atoms with Crippen molar-refractivity contribution in [3.05, 3.63) is 0 Å². The molecule has 0 aliphatic heterocycles. The van der Waals surface area contributed by atoms with E-state index in [4.69, 9.17) is 9.47 Å². The predicted octanol–water partition coefficient (Wildman–Crippen LogP) is 3.15. The lowest BCUT2D eigenvalue weighted by molar-refractivity contribution is 0.105. The van der Waals surface area contributed by atoms with Gasteiger partial charge in [-0.25, -0.2) is 0 Å². The van der Waals surface area contributed by atoms with Crippen LogP contribution in [0.1, 0.15) is 51.9 Å². The summed E-state index contributed by atoms with van der Waals surface area (Å²) in [6.07, 6.45) is 9.28. The fraction of sp³-hybridized carbons (Fsp3) is 1.00. The summed E-state index contributed by atoms with van der Waals surface area (Å²) in [5, 5.41) is 0. The summed E-state index contributed by atoms with van der Waals surface area (Å²) >= 11 is 0. The second-order valence-electron chi connectivity index (χ2n) is 4.10. The van der Waals surface area contributed by atoms with Crippen LogP contribution >= 0.6 is 0 Å². The van der Waals surface area contributed by atoms with E-state index in [0.29, 0.717) is 6.10 Å². The molecule has 0 radical (unpaired) electrons. The highest BCUT2D eigenvalue weighted by atomic mass is 16.5. The summed E-state index contributed by atoms with van der Waals surface area (Å²) in [5.74, 6) is 0. The summed E-state index contributed by atoms with van der Waals surface area (Å²) in [4.78, 5) is 0. The lowest BCUT2D eigenvalue weighted by Gasteiger charge is -2.03. The molecule has 1 aliphatic carbocycles. The molecule has 0 amide bonds. The van der Waals surface area contributed by atoms with Crippen LogP contribution in [0.2, 0.25) is 0 Å². The largest absolute Gasteiger partial charge is 0.381 e. The molecule has 1 saturated carbocycles. The van der Waals surface area contributed by atoms with Crippen molar-refractivity contribution in [2.45, 2.75) is 58.0 Å². The van der Waals surface area contributed by atoms with Gasteiger partial charge in [0, 0.05) is 19.8 Å². The standard InChI is InChI=1S/C12H24O2/c1-2-3-9-13-10-5-4-6-11-14-12-7-8-12/h12H,2-11H2,1H3. The molecule has 2 heteroatoms. The number of hydrogen-bond acceptors (Lipinski definition) is 2. The third-order valence-corrected chi connectivity index (χ3v) is 2.45. The van der Waals surface area contributed by atoms with Gasteiger partial charge in [0.2, 0.25) is 0 Å². The zero-order chi connectivity index (χ0) is 10.1. The quantitative estimate of drug-likeness (QED) is 0.504.